The second kappa shape index (κ2) is 18.7. The molecule has 2 aliphatic heterocycles. The van der Waals surface area contributed by atoms with Gasteiger partial charge in [0.25, 0.3) is 0 Å². The monoisotopic (exact) mass is 878 g/mol. The van der Waals surface area contributed by atoms with Gasteiger partial charge in [0.05, 0.1) is 22.3 Å². The molecule has 2 aromatic rings. The van der Waals surface area contributed by atoms with Crippen molar-refractivity contribution in [2.45, 2.75) is 124 Å². The van der Waals surface area contributed by atoms with E-state index in [0.29, 0.717) is 12.1 Å². The number of alkyl halides is 12. The molecule has 2 aromatic carbocycles. The number of thioether (sulfide) groups is 2. The predicted octanol–water partition coefficient (Wildman–Crippen LogP) is 12.6. The summed E-state index contributed by atoms with van der Waals surface area (Å²) >= 11 is 1.47. The Labute approximate surface area is 338 Å². The number of nitrogens with zero attached hydrogens (tertiary/aromatic N) is 2. The zero-order chi connectivity index (χ0) is 42.8. The lowest BCUT2D eigenvalue weighted by Crippen LogP contribution is -2.36. The van der Waals surface area contributed by atoms with Crippen LogP contribution in [0.25, 0.3) is 0 Å². The maximum absolute atomic E-state index is 13.6. The highest BCUT2D eigenvalue weighted by atomic mass is 32.2. The largest absolute Gasteiger partial charge is 0.417 e. The summed E-state index contributed by atoms with van der Waals surface area (Å²) in [5, 5.41) is 0. The van der Waals surface area contributed by atoms with Gasteiger partial charge >= 0.3 is 24.7 Å². The maximum Gasteiger partial charge on any atom is 0.417 e. The van der Waals surface area contributed by atoms with E-state index in [-0.39, 0.29) is 58.7 Å². The highest BCUT2D eigenvalue weighted by molar-refractivity contribution is 7.99. The molecule has 4 nitrogen and oxygen atoms in total. The van der Waals surface area contributed by atoms with Gasteiger partial charge in [-0.1, -0.05) is 12.8 Å². The molecule has 6 rings (SSSR count). The first-order valence-corrected chi connectivity index (χ1v) is 21.8. The van der Waals surface area contributed by atoms with E-state index in [0.717, 1.165) is 114 Å². The Bertz CT molecular complexity index is 1640. The average molecular weight is 879 g/mol. The van der Waals surface area contributed by atoms with Crippen molar-refractivity contribution < 1.29 is 62.3 Å². The SMILES string of the molecule is CSc1cc(C(F)(F)F)cc(C(F)(F)F)c1C(=O)C[C@@H]1CCC[C@@H]1N1CCCC1.CSc1cc(C(F)(F)F)cc(C(F)(F)F)c1C(=O)C[C@H]1CCC[C@H]1N1CCCC1. The van der Waals surface area contributed by atoms with Crippen LogP contribution >= 0.6 is 23.5 Å². The molecule has 4 fully saturated rings. The topological polar surface area (TPSA) is 40.6 Å². The summed E-state index contributed by atoms with van der Waals surface area (Å²) in [6.07, 6.45) is -7.84. The van der Waals surface area contributed by atoms with Crippen LogP contribution < -0.4 is 0 Å². The number of carbonyl (C=O) groups is 2. The van der Waals surface area contributed by atoms with Gasteiger partial charge in [0, 0.05) is 45.8 Å². The minimum absolute atomic E-state index is 0.0568. The zero-order valence-electron chi connectivity index (χ0n) is 32.0. The summed E-state index contributed by atoms with van der Waals surface area (Å²) in [5.74, 6) is -1.55. The van der Waals surface area contributed by atoms with Crippen molar-refractivity contribution >= 4 is 35.1 Å². The first kappa shape index (κ1) is 46.6. The van der Waals surface area contributed by atoms with E-state index in [1.54, 1.807) is 0 Å². The number of likely N-dealkylation sites (tertiary alicyclic amines) is 2. The molecule has 0 amide bonds. The number of hydrogen-bond donors (Lipinski definition) is 0. The smallest absolute Gasteiger partial charge is 0.300 e. The zero-order valence-corrected chi connectivity index (χ0v) is 33.6. The van der Waals surface area contributed by atoms with Crippen molar-refractivity contribution in [2.75, 3.05) is 38.7 Å². The average Bonchev–Trinajstić information content (AvgIpc) is 3.97. The van der Waals surface area contributed by atoms with Crippen LogP contribution in [0.5, 0.6) is 0 Å². The van der Waals surface area contributed by atoms with Gasteiger partial charge in [0.1, 0.15) is 0 Å². The Morgan fingerprint density at radius 1 is 0.517 bits per heavy atom. The van der Waals surface area contributed by atoms with Crippen molar-refractivity contribution in [1.29, 1.82) is 0 Å². The van der Waals surface area contributed by atoms with Gasteiger partial charge in [-0.25, -0.2) is 0 Å². The third-order valence-corrected chi connectivity index (χ3v) is 13.3. The van der Waals surface area contributed by atoms with Gasteiger partial charge in [-0.3, -0.25) is 9.59 Å². The van der Waals surface area contributed by atoms with Crippen LogP contribution in [0.2, 0.25) is 0 Å². The number of halogens is 12. The number of benzene rings is 2. The summed E-state index contributed by atoms with van der Waals surface area (Å²) in [6.45, 7) is 3.72. The van der Waals surface area contributed by atoms with Crippen LogP contribution in [-0.2, 0) is 24.7 Å². The van der Waals surface area contributed by atoms with Gasteiger partial charge < -0.3 is 9.80 Å². The van der Waals surface area contributed by atoms with E-state index >= 15 is 0 Å². The molecule has 324 valence electrons. The van der Waals surface area contributed by atoms with Crippen molar-refractivity contribution in [3.05, 3.63) is 57.6 Å². The number of Topliss-reactive ketones (excluding diaryl/α,β-unsaturated/α-hetero) is 2. The minimum Gasteiger partial charge on any atom is -0.300 e. The van der Waals surface area contributed by atoms with Crippen LogP contribution in [0, 0.1) is 11.8 Å². The van der Waals surface area contributed by atoms with Crippen molar-refractivity contribution in [2.24, 2.45) is 11.8 Å². The molecule has 0 radical (unpaired) electrons. The lowest BCUT2D eigenvalue weighted by Gasteiger charge is -2.29. The predicted molar refractivity (Wildman–Crippen MR) is 198 cm³/mol. The van der Waals surface area contributed by atoms with Gasteiger partial charge in [-0.05, 0) is 126 Å². The van der Waals surface area contributed by atoms with Gasteiger partial charge in [0.15, 0.2) is 11.6 Å². The summed E-state index contributed by atoms with van der Waals surface area (Å²) in [4.78, 5) is 30.0. The molecule has 18 heteroatoms. The lowest BCUT2D eigenvalue weighted by atomic mass is 9.90. The van der Waals surface area contributed by atoms with Crippen molar-refractivity contribution in [3.63, 3.8) is 0 Å². The Morgan fingerprint density at radius 2 is 0.845 bits per heavy atom. The Morgan fingerprint density at radius 3 is 1.12 bits per heavy atom. The molecule has 0 unspecified atom stereocenters. The number of ketones is 2. The second-order valence-electron chi connectivity index (χ2n) is 15.5. The van der Waals surface area contributed by atoms with E-state index in [9.17, 15) is 62.3 Å². The lowest BCUT2D eigenvalue weighted by molar-refractivity contribution is -0.145. The van der Waals surface area contributed by atoms with Crippen LogP contribution in [-0.4, -0.2) is 72.1 Å². The van der Waals surface area contributed by atoms with Gasteiger partial charge in [-0.2, -0.15) is 52.7 Å². The Hall–Kier alpha value is -2.44. The molecule has 0 bridgehead atoms. The van der Waals surface area contributed by atoms with Crippen LogP contribution in [0.15, 0.2) is 34.1 Å². The normalized spacial score (nSPS) is 23.7. The van der Waals surface area contributed by atoms with Crippen LogP contribution in [0.4, 0.5) is 52.7 Å². The molecular weight excluding hydrogens is 833 g/mol. The summed E-state index contributed by atoms with van der Waals surface area (Å²) in [5.41, 5.74) is -6.99. The molecule has 2 heterocycles. The first-order chi connectivity index (χ1) is 27.0. The molecule has 4 atom stereocenters. The highest BCUT2D eigenvalue weighted by Gasteiger charge is 2.44. The molecule has 2 saturated heterocycles. The fourth-order valence-corrected chi connectivity index (χ4v) is 10.5. The Kier molecular flexibility index (Phi) is 15.0. The van der Waals surface area contributed by atoms with Crippen molar-refractivity contribution in [3.8, 4) is 0 Å². The molecule has 2 saturated carbocycles. The standard InChI is InChI=1S/2C20H23F6NOS/c2*1-29-17-11-13(19(21,22)23)10-14(20(24,25)26)18(17)16(28)9-12-5-4-6-15(12)27-7-2-3-8-27/h2*10-12,15H,2-9H2,1H3/t2*12-,15-/m10/s1. The van der Waals surface area contributed by atoms with Crippen LogP contribution in [0.3, 0.4) is 0 Å². The molecule has 0 aromatic heterocycles. The molecule has 2 aliphatic carbocycles. The van der Waals surface area contributed by atoms with E-state index in [4.69, 9.17) is 0 Å². The number of carbonyl (C=O) groups excluding carboxylic acids is 2. The third kappa shape index (κ3) is 11.1. The fourth-order valence-electron chi connectivity index (χ4n) is 9.20. The highest BCUT2D eigenvalue weighted by Crippen LogP contribution is 2.45. The van der Waals surface area contributed by atoms with Crippen LogP contribution in [0.1, 0.15) is 120 Å². The van der Waals surface area contributed by atoms with Gasteiger partial charge in [0.2, 0.25) is 0 Å². The molecule has 4 aliphatic rings. The molecule has 0 N–H and O–H groups in total. The second-order valence-corrected chi connectivity index (χ2v) is 17.1. The summed E-state index contributed by atoms with van der Waals surface area (Å²) in [7, 11) is 0. The first-order valence-electron chi connectivity index (χ1n) is 19.3. The number of hydrogen-bond acceptors (Lipinski definition) is 6. The molecular formula is C40H46F12N2O2S2. The van der Waals surface area contributed by atoms with Gasteiger partial charge in [-0.15, -0.1) is 23.5 Å². The third-order valence-electron chi connectivity index (χ3n) is 11.8. The Balaban J connectivity index is 0.000000221. The summed E-state index contributed by atoms with van der Waals surface area (Å²) < 4.78 is 160. The van der Waals surface area contributed by atoms with E-state index in [1.165, 1.54) is 12.5 Å². The minimum atomic E-state index is -5.04. The quantitative estimate of drug-likeness (QED) is 0.135. The number of rotatable bonds is 10. The van der Waals surface area contributed by atoms with Crippen molar-refractivity contribution in [1.82, 2.24) is 9.80 Å². The van der Waals surface area contributed by atoms with E-state index in [2.05, 4.69) is 9.80 Å². The van der Waals surface area contributed by atoms with E-state index < -0.39 is 69.7 Å². The fraction of sp³-hybridized carbons (Fsp3) is 0.650. The molecule has 0 spiro atoms. The molecule has 58 heavy (non-hydrogen) atoms. The summed E-state index contributed by atoms with van der Waals surface area (Å²) in [6, 6.07) is 1.78. The maximum atomic E-state index is 13.6. The van der Waals surface area contributed by atoms with E-state index in [1.807, 2.05) is 0 Å².